The lowest BCUT2D eigenvalue weighted by Gasteiger charge is -2.40. The van der Waals surface area contributed by atoms with E-state index >= 15 is 0 Å². The Kier molecular flexibility index (Phi) is 6.19. The Morgan fingerprint density at radius 3 is 2.26 bits per heavy atom. The van der Waals surface area contributed by atoms with Crippen molar-refractivity contribution in [1.82, 2.24) is 5.32 Å². The molecule has 1 heteroatoms. The average molecular weight is 265 g/mol. The largest absolute Gasteiger partial charge is 0.314 e. The zero-order chi connectivity index (χ0) is 13.7. The molecule has 2 aliphatic rings. The lowest BCUT2D eigenvalue weighted by Crippen LogP contribution is -2.38. The Hall–Kier alpha value is -0.0400. The van der Waals surface area contributed by atoms with E-state index in [9.17, 15) is 0 Å². The van der Waals surface area contributed by atoms with Crippen LogP contribution in [0.3, 0.4) is 0 Å². The smallest absolute Gasteiger partial charge is 0.00104 e. The van der Waals surface area contributed by atoms with Gasteiger partial charge in [-0.2, -0.15) is 0 Å². The second kappa shape index (κ2) is 7.67. The summed E-state index contributed by atoms with van der Waals surface area (Å²) in [6, 6.07) is 0.647. The Balaban J connectivity index is 1.94. The zero-order valence-corrected chi connectivity index (χ0v) is 13.5. The first-order valence-corrected chi connectivity index (χ1v) is 8.90. The van der Waals surface area contributed by atoms with Gasteiger partial charge in [0.25, 0.3) is 0 Å². The summed E-state index contributed by atoms with van der Waals surface area (Å²) >= 11 is 0. The average Bonchev–Trinajstić information content (AvgIpc) is 2.65. The number of nitrogens with one attached hydrogen (secondary N) is 1. The van der Waals surface area contributed by atoms with E-state index in [1.165, 1.54) is 64.3 Å². The maximum absolute atomic E-state index is 3.71. The third-order valence-electron chi connectivity index (χ3n) is 5.60. The lowest BCUT2D eigenvalue weighted by atomic mass is 9.67. The van der Waals surface area contributed by atoms with Gasteiger partial charge in [-0.1, -0.05) is 65.7 Å². The lowest BCUT2D eigenvalue weighted by molar-refractivity contribution is 0.113. The first kappa shape index (κ1) is 15.4. The first-order chi connectivity index (χ1) is 9.16. The highest BCUT2D eigenvalue weighted by molar-refractivity contribution is 4.85. The van der Waals surface area contributed by atoms with Crippen LogP contribution in [0.25, 0.3) is 0 Å². The van der Waals surface area contributed by atoms with Gasteiger partial charge >= 0.3 is 0 Å². The molecule has 3 atom stereocenters. The van der Waals surface area contributed by atoms with E-state index in [0.717, 1.165) is 23.7 Å². The normalized spacial score (nSPS) is 34.4. The molecule has 2 aliphatic carbocycles. The van der Waals surface area contributed by atoms with Crippen LogP contribution in [-0.2, 0) is 0 Å². The van der Waals surface area contributed by atoms with E-state index in [2.05, 4.69) is 26.1 Å². The van der Waals surface area contributed by atoms with E-state index < -0.39 is 0 Å². The van der Waals surface area contributed by atoms with Crippen LogP contribution in [0.5, 0.6) is 0 Å². The van der Waals surface area contributed by atoms with Crippen molar-refractivity contribution < 1.29 is 0 Å². The number of hydrogen-bond donors (Lipinski definition) is 1. The predicted octanol–water partition coefficient (Wildman–Crippen LogP) is 5.01. The topological polar surface area (TPSA) is 12.0 Å². The van der Waals surface area contributed by atoms with Crippen LogP contribution in [0.15, 0.2) is 0 Å². The molecule has 0 bridgehead atoms. The quantitative estimate of drug-likeness (QED) is 0.705. The Bertz CT molecular complexity index is 240. The van der Waals surface area contributed by atoms with Gasteiger partial charge in [-0.05, 0) is 43.1 Å². The summed E-state index contributed by atoms with van der Waals surface area (Å²) in [5.74, 6) is 4.00. The summed E-state index contributed by atoms with van der Waals surface area (Å²) in [6.45, 7) is 8.32. The van der Waals surface area contributed by atoms with Gasteiger partial charge in [-0.3, -0.25) is 0 Å². The molecular formula is C18H35N. The maximum Gasteiger partial charge on any atom is 0.00104 e. The second-order valence-corrected chi connectivity index (χ2v) is 7.66. The van der Waals surface area contributed by atoms with Gasteiger partial charge < -0.3 is 5.32 Å². The van der Waals surface area contributed by atoms with E-state index in [0.29, 0.717) is 6.04 Å². The van der Waals surface area contributed by atoms with Crippen LogP contribution in [0, 0.1) is 23.7 Å². The van der Waals surface area contributed by atoms with Crippen LogP contribution in [0.1, 0.15) is 78.6 Å². The highest BCUT2D eigenvalue weighted by Crippen LogP contribution is 2.42. The maximum atomic E-state index is 3.71. The van der Waals surface area contributed by atoms with Gasteiger partial charge in [0, 0.05) is 6.04 Å². The van der Waals surface area contributed by atoms with Gasteiger partial charge in [-0.15, -0.1) is 0 Å². The minimum atomic E-state index is 0.647. The molecule has 0 aromatic rings. The van der Waals surface area contributed by atoms with E-state index in [1.807, 2.05) is 0 Å². The molecule has 2 fully saturated rings. The third-order valence-corrected chi connectivity index (χ3v) is 5.60. The number of rotatable bonds is 4. The Labute approximate surface area is 120 Å². The van der Waals surface area contributed by atoms with Gasteiger partial charge in [0.15, 0.2) is 0 Å². The highest BCUT2D eigenvalue weighted by Gasteiger charge is 2.34. The second-order valence-electron chi connectivity index (χ2n) is 7.66. The molecule has 2 saturated carbocycles. The van der Waals surface area contributed by atoms with Crippen LogP contribution >= 0.6 is 0 Å². The molecular weight excluding hydrogens is 230 g/mol. The fraction of sp³-hybridized carbons (Fsp3) is 1.00. The molecule has 1 nitrogen and oxygen atoms in total. The molecule has 19 heavy (non-hydrogen) atoms. The Morgan fingerprint density at radius 1 is 0.947 bits per heavy atom. The highest BCUT2D eigenvalue weighted by atomic mass is 14.9. The van der Waals surface area contributed by atoms with Gasteiger partial charge in [0.05, 0.1) is 0 Å². The molecule has 0 spiro atoms. The minimum Gasteiger partial charge on any atom is -0.314 e. The van der Waals surface area contributed by atoms with Crippen molar-refractivity contribution in [3.63, 3.8) is 0 Å². The molecule has 3 unspecified atom stereocenters. The molecule has 0 amide bonds. The van der Waals surface area contributed by atoms with Crippen LogP contribution in [0.2, 0.25) is 0 Å². The molecule has 0 aliphatic heterocycles. The summed E-state index contributed by atoms with van der Waals surface area (Å²) in [6.07, 6.45) is 13.5. The van der Waals surface area contributed by atoms with Crippen molar-refractivity contribution in [2.45, 2.75) is 84.6 Å². The van der Waals surface area contributed by atoms with Crippen molar-refractivity contribution in [1.29, 1.82) is 0 Å². The van der Waals surface area contributed by atoms with Crippen molar-refractivity contribution in [3.05, 3.63) is 0 Å². The SMILES string of the molecule is CC1CCC(CNC(C)C)C(C2CCCCCC2)C1. The van der Waals surface area contributed by atoms with Crippen molar-refractivity contribution >= 4 is 0 Å². The molecule has 0 aromatic heterocycles. The molecule has 2 rings (SSSR count). The van der Waals surface area contributed by atoms with Crippen LogP contribution < -0.4 is 5.32 Å². The molecule has 0 aromatic carbocycles. The van der Waals surface area contributed by atoms with Crippen molar-refractivity contribution in [3.8, 4) is 0 Å². The van der Waals surface area contributed by atoms with Gasteiger partial charge in [0.2, 0.25) is 0 Å². The predicted molar refractivity (Wildman–Crippen MR) is 84.3 cm³/mol. The summed E-state index contributed by atoms with van der Waals surface area (Å²) in [7, 11) is 0. The summed E-state index contributed by atoms with van der Waals surface area (Å²) in [5, 5.41) is 3.71. The molecule has 1 N–H and O–H groups in total. The van der Waals surface area contributed by atoms with Crippen molar-refractivity contribution in [2.75, 3.05) is 6.54 Å². The first-order valence-electron chi connectivity index (χ1n) is 8.90. The monoisotopic (exact) mass is 265 g/mol. The molecule has 0 saturated heterocycles. The van der Waals surface area contributed by atoms with Crippen LogP contribution in [0.4, 0.5) is 0 Å². The molecule has 112 valence electrons. The van der Waals surface area contributed by atoms with Crippen LogP contribution in [-0.4, -0.2) is 12.6 Å². The molecule has 0 heterocycles. The summed E-state index contributed by atoms with van der Waals surface area (Å²) < 4.78 is 0. The third kappa shape index (κ3) is 4.77. The summed E-state index contributed by atoms with van der Waals surface area (Å²) in [5.41, 5.74) is 0. The molecule has 0 radical (unpaired) electrons. The fourth-order valence-electron chi connectivity index (χ4n) is 4.44. The summed E-state index contributed by atoms with van der Waals surface area (Å²) in [4.78, 5) is 0. The Morgan fingerprint density at radius 2 is 1.63 bits per heavy atom. The fourth-order valence-corrected chi connectivity index (χ4v) is 4.44. The van der Waals surface area contributed by atoms with Gasteiger partial charge in [-0.25, -0.2) is 0 Å². The standard InChI is InChI=1S/C18H35N/c1-14(2)19-13-17-11-10-15(3)12-18(17)16-8-6-4-5-7-9-16/h14-19H,4-13H2,1-3H3. The number of hydrogen-bond acceptors (Lipinski definition) is 1. The minimum absolute atomic E-state index is 0.647. The zero-order valence-electron chi connectivity index (χ0n) is 13.5. The van der Waals surface area contributed by atoms with Crippen molar-refractivity contribution in [2.24, 2.45) is 23.7 Å². The van der Waals surface area contributed by atoms with E-state index in [-0.39, 0.29) is 0 Å². The van der Waals surface area contributed by atoms with E-state index in [1.54, 1.807) is 0 Å². The van der Waals surface area contributed by atoms with E-state index in [4.69, 9.17) is 0 Å². The van der Waals surface area contributed by atoms with Gasteiger partial charge in [0.1, 0.15) is 0 Å².